The zero-order chi connectivity index (χ0) is 10.9. The topological polar surface area (TPSA) is 47.2 Å². The van der Waals surface area contributed by atoms with Crippen molar-refractivity contribution in [1.29, 1.82) is 0 Å². The van der Waals surface area contributed by atoms with Gasteiger partial charge in [-0.05, 0) is 26.7 Å². The molecule has 0 fully saturated rings. The summed E-state index contributed by atoms with van der Waals surface area (Å²) in [6.07, 6.45) is 7.06. The van der Waals surface area contributed by atoms with Crippen LogP contribution in [0.15, 0.2) is 11.2 Å². The quantitative estimate of drug-likeness (QED) is 0.546. The maximum atomic E-state index is 10.3. The van der Waals surface area contributed by atoms with E-state index in [1.807, 2.05) is 20.0 Å². The molecule has 80 valence electrons. The second-order valence-corrected chi connectivity index (χ2v) is 4.45. The molecule has 0 radical (unpaired) electrons. The number of isocyanates is 1. The van der Waals surface area contributed by atoms with Gasteiger partial charge >= 0.3 is 0 Å². The van der Waals surface area contributed by atoms with Gasteiger partial charge in [0.15, 0.2) is 0 Å². The number of rotatable bonds is 2. The molecule has 0 amide bonds. The first-order valence-electron chi connectivity index (χ1n) is 5.29. The number of aliphatic imine (C=N–C) groups is 1. The van der Waals surface area contributed by atoms with Crippen LogP contribution in [0, 0.1) is 0 Å². The van der Waals surface area contributed by atoms with Crippen molar-refractivity contribution in [3.63, 3.8) is 0 Å². The number of fused-ring (bicyclic) bond motifs is 1. The Labute approximate surface area is 89.0 Å². The van der Waals surface area contributed by atoms with Crippen LogP contribution in [-0.2, 0) is 23.3 Å². The smallest absolute Gasteiger partial charge is 0.235 e. The summed E-state index contributed by atoms with van der Waals surface area (Å²) < 4.78 is 2.17. The van der Waals surface area contributed by atoms with Crippen LogP contribution in [-0.4, -0.2) is 15.6 Å². The largest absolute Gasteiger partial charge is 0.335 e. The van der Waals surface area contributed by atoms with E-state index in [1.165, 1.54) is 12.8 Å². The van der Waals surface area contributed by atoms with Crippen LogP contribution in [0.4, 0.5) is 0 Å². The second kappa shape index (κ2) is 3.63. The average Bonchev–Trinajstić information content (AvgIpc) is 2.61. The van der Waals surface area contributed by atoms with E-state index >= 15 is 0 Å². The van der Waals surface area contributed by atoms with Crippen molar-refractivity contribution in [1.82, 2.24) is 9.55 Å². The minimum atomic E-state index is -0.550. The Balaban J connectivity index is 2.37. The molecule has 0 aromatic carbocycles. The highest BCUT2D eigenvalue weighted by atomic mass is 16.1. The van der Waals surface area contributed by atoms with Crippen LogP contribution in [0.3, 0.4) is 0 Å². The van der Waals surface area contributed by atoms with Gasteiger partial charge in [0.05, 0.1) is 5.69 Å². The molecule has 0 saturated heterocycles. The van der Waals surface area contributed by atoms with Crippen molar-refractivity contribution in [2.45, 2.75) is 45.2 Å². The number of hydrogen-bond donors (Lipinski definition) is 0. The van der Waals surface area contributed by atoms with Gasteiger partial charge in [0.25, 0.3) is 0 Å². The predicted octanol–water partition coefficient (Wildman–Crippen LogP) is 1.79. The SMILES string of the molecule is CC(C)(N=C=O)c1cn2c(n1)CCCC2. The van der Waals surface area contributed by atoms with E-state index < -0.39 is 5.54 Å². The molecule has 1 aliphatic rings. The number of imidazole rings is 1. The maximum Gasteiger partial charge on any atom is 0.235 e. The fourth-order valence-corrected chi connectivity index (χ4v) is 1.88. The first kappa shape index (κ1) is 10.1. The van der Waals surface area contributed by atoms with Crippen molar-refractivity contribution < 1.29 is 4.79 Å². The molecule has 4 nitrogen and oxygen atoms in total. The molecule has 1 aromatic rings. The van der Waals surface area contributed by atoms with Gasteiger partial charge in [0.2, 0.25) is 6.08 Å². The van der Waals surface area contributed by atoms with E-state index in [0.717, 1.165) is 24.5 Å². The van der Waals surface area contributed by atoms with Gasteiger partial charge < -0.3 is 4.57 Å². The molecule has 0 aliphatic carbocycles. The third kappa shape index (κ3) is 1.85. The molecule has 15 heavy (non-hydrogen) atoms. The lowest BCUT2D eigenvalue weighted by atomic mass is 10.0. The van der Waals surface area contributed by atoms with Crippen LogP contribution in [0.2, 0.25) is 0 Å². The highest BCUT2D eigenvalue weighted by Gasteiger charge is 2.25. The van der Waals surface area contributed by atoms with Gasteiger partial charge in [-0.25, -0.2) is 9.78 Å². The molecule has 2 heterocycles. The predicted molar refractivity (Wildman–Crippen MR) is 56.3 cm³/mol. The van der Waals surface area contributed by atoms with Gasteiger partial charge in [0, 0.05) is 19.2 Å². The highest BCUT2D eigenvalue weighted by molar-refractivity contribution is 5.36. The lowest BCUT2D eigenvalue weighted by molar-refractivity contribution is 0.513. The summed E-state index contributed by atoms with van der Waals surface area (Å²) in [7, 11) is 0. The van der Waals surface area contributed by atoms with Gasteiger partial charge in [-0.3, -0.25) is 0 Å². The summed E-state index contributed by atoms with van der Waals surface area (Å²) in [6.45, 7) is 4.79. The molecule has 0 saturated carbocycles. The Morgan fingerprint density at radius 2 is 2.33 bits per heavy atom. The third-order valence-corrected chi connectivity index (χ3v) is 2.86. The van der Waals surface area contributed by atoms with Gasteiger partial charge in [-0.15, -0.1) is 0 Å². The van der Waals surface area contributed by atoms with Crippen molar-refractivity contribution in [3.8, 4) is 0 Å². The van der Waals surface area contributed by atoms with Crippen molar-refractivity contribution >= 4 is 6.08 Å². The first-order valence-corrected chi connectivity index (χ1v) is 5.29. The molecular formula is C11H15N3O. The van der Waals surface area contributed by atoms with Crippen LogP contribution in [0.25, 0.3) is 0 Å². The molecule has 0 atom stereocenters. The standard InChI is InChI=1S/C11H15N3O/c1-11(2,12-8-15)9-7-14-6-4-3-5-10(14)13-9/h7H,3-6H2,1-2H3. The van der Waals surface area contributed by atoms with Crippen molar-refractivity contribution in [2.75, 3.05) is 0 Å². The number of aromatic nitrogens is 2. The van der Waals surface area contributed by atoms with E-state index in [4.69, 9.17) is 0 Å². The van der Waals surface area contributed by atoms with E-state index in [9.17, 15) is 4.79 Å². The maximum absolute atomic E-state index is 10.3. The van der Waals surface area contributed by atoms with Crippen molar-refractivity contribution in [2.24, 2.45) is 4.99 Å². The zero-order valence-electron chi connectivity index (χ0n) is 9.16. The molecular weight excluding hydrogens is 190 g/mol. The Kier molecular flexibility index (Phi) is 2.45. The Hall–Kier alpha value is -1.41. The molecule has 1 aromatic heterocycles. The number of hydrogen-bond acceptors (Lipinski definition) is 3. The third-order valence-electron chi connectivity index (χ3n) is 2.86. The first-order chi connectivity index (χ1) is 7.13. The molecule has 1 aliphatic heterocycles. The summed E-state index contributed by atoms with van der Waals surface area (Å²) in [5, 5.41) is 0. The Morgan fingerprint density at radius 1 is 1.53 bits per heavy atom. The van der Waals surface area contributed by atoms with Gasteiger partial charge in [-0.2, -0.15) is 4.99 Å². The molecule has 4 heteroatoms. The van der Waals surface area contributed by atoms with Crippen LogP contribution >= 0.6 is 0 Å². The average molecular weight is 205 g/mol. The van der Waals surface area contributed by atoms with E-state index in [-0.39, 0.29) is 0 Å². The van der Waals surface area contributed by atoms with Gasteiger partial charge in [0.1, 0.15) is 11.4 Å². The second-order valence-electron chi connectivity index (χ2n) is 4.45. The fourth-order valence-electron chi connectivity index (χ4n) is 1.88. The monoisotopic (exact) mass is 205 g/mol. The molecule has 0 spiro atoms. The van der Waals surface area contributed by atoms with Gasteiger partial charge in [-0.1, -0.05) is 0 Å². The summed E-state index contributed by atoms with van der Waals surface area (Å²) in [5.41, 5.74) is 0.314. The fraction of sp³-hybridized carbons (Fsp3) is 0.636. The number of nitrogens with zero attached hydrogens (tertiary/aromatic N) is 3. The van der Waals surface area contributed by atoms with Crippen LogP contribution in [0.5, 0.6) is 0 Å². The lowest BCUT2D eigenvalue weighted by Gasteiger charge is -2.13. The zero-order valence-corrected chi connectivity index (χ0v) is 9.16. The van der Waals surface area contributed by atoms with Crippen molar-refractivity contribution in [3.05, 3.63) is 17.7 Å². The van der Waals surface area contributed by atoms with Crippen LogP contribution in [0.1, 0.15) is 38.2 Å². The molecule has 0 bridgehead atoms. The van der Waals surface area contributed by atoms with E-state index in [1.54, 1.807) is 6.08 Å². The minimum absolute atomic E-state index is 0.550. The molecule has 2 rings (SSSR count). The number of carbonyl (C=O) groups excluding carboxylic acids is 1. The molecule has 0 N–H and O–H groups in total. The van der Waals surface area contributed by atoms with Crippen LogP contribution < -0.4 is 0 Å². The Bertz CT molecular complexity index is 390. The Morgan fingerprint density at radius 3 is 3.00 bits per heavy atom. The lowest BCUT2D eigenvalue weighted by Crippen LogP contribution is -2.14. The normalized spacial score (nSPS) is 15.6. The van der Waals surface area contributed by atoms with E-state index in [2.05, 4.69) is 14.5 Å². The summed E-state index contributed by atoms with van der Waals surface area (Å²) in [5.74, 6) is 1.12. The summed E-state index contributed by atoms with van der Waals surface area (Å²) in [6, 6.07) is 0. The minimum Gasteiger partial charge on any atom is -0.335 e. The summed E-state index contributed by atoms with van der Waals surface area (Å²) in [4.78, 5) is 18.6. The number of aryl methyl sites for hydroxylation is 2. The summed E-state index contributed by atoms with van der Waals surface area (Å²) >= 11 is 0. The molecule has 0 unspecified atom stereocenters. The highest BCUT2D eigenvalue weighted by Crippen LogP contribution is 2.25. The van der Waals surface area contributed by atoms with E-state index in [0.29, 0.717) is 0 Å².